The van der Waals surface area contributed by atoms with Crippen LogP contribution in [0.25, 0.3) is 0 Å². The number of nitrogens with zero attached hydrogens (tertiary/aromatic N) is 2. The highest BCUT2D eigenvalue weighted by atomic mass is 35.5. The number of rotatable bonds is 3. The summed E-state index contributed by atoms with van der Waals surface area (Å²) in [6.07, 6.45) is 0. The van der Waals surface area contributed by atoms with Crippen molar-refractivity contribution in [1.29, 1.82) is 5.26 Å². The molecule has 0 aliphatic heterocycles. The van der Waals surface area contributed by atoms with E-state index >= 15 is 0 Å². The largest absolute Gasteiger partial charge is 0.386 e. The zero-order valence-electron chi connectivity index (χ0n) is 10.1. The molecule has 0 bridgehead atoms. The number of nitrogens with one attached hydrogen (secondary N) is 1. The molecule has 2 aromatic rings. The van der Waals surface area contributed by atoms with Gasteiger partial charge in [0.1, 0.15) is 10.8 Å². The van der Waals surface area contributed by atoms with Gasteiger partial charge in [0.2, 0.25) is 5.78 Å². The van der Waals surface area contributed by atoms with Crippen LogP contribution in [0.15, 0.2) is 36.4 Å². The normalized spacial score (nSPS) is 9.74. The van der Waals surface area contributed by atoms with Crippen LogP contribution in [0.3, 0.4) is 0 Å². The van der Waals surface area contributed by atoms with E-state index in [-0.39, 0.29) is 16.6 Å². The van der Waals surface area contributed by atoms with Crippen molar-refractivity contribution in [3.8, 4) is 6.07 Å². The van der Waals surface area contributed by atoms with E-state index in [1.807, 2.05) is 6.07 Å². The van der Waals surface area contributed by atoms with Crippen LogP contribution in [0.5, 0.6) is 0 Å². The molecule has 1 aromatic heterocycles. The number of hydrogen-bond donors (Lipinski definition) is 1. The molecule has 0 unspecified atom stereocenters. The number of anilines is 1. The third-order valence-electron chi connectivity index (χ3n) is 2.60. The maximum atomic E-state index is 12.4. The Morgan fingerprint density at radius 3 is 2.84 bits per heavy atom. The number of carbonyl (C=O) groups is 1. The molecule has 0 aliphatic carbocycles. The Morgan fingerprint density at radius 1 is 1.37 bits per heavy atom. The van der Waals surface area contributed by atoms with Crippen molar-refractivity contribution in [3.63, 3.8) is 0 Å². The molecule has 1 N–H and O–H groups in total. The Balaban J connectivity index is 2.49. The number of aromatic nitrogens is 1. The summed E-state index contributed by atoms with van der Waals surface area (Å²) in [7, 11) is 1.70. The van der Waals surface area contributed by atoms with Gasteiger partial charge >= 0.3 is 0 Å². The molecule has 5 heteroatoms. The van der Waals surface area contributed by atoms with Crippen molar-refractivity contribution >= 4 is 23.1 Å². The van der Waals surface area contributed by atoms with Gasteiger partial charge in [0.25, 0.3) is 0 Å². The second kappa shape index (κ2) is 5.51. The summed E-state index contributed by atoms with van der Waals surface area (Å²) in [5, 5.41) is 12.0. The van der Waals surface area contributed by atoms with E-state index in [0.29, 0.717) is 16.8 Å². The van der Waals surface area contributed by atoms with Crippen molar-refractivity contribution in [3.05, 3.63) is 58.4 Å². The van der Waals surface area contributed by atoms with E-state index < -0.39 is 0 Å². The highest BCUT2D eigenvalue weighted by Crippen LogP contribution is 2.20. The van der Waals surface area contributed by atoms with Crippen molar-refractivity contribution in [1.82, 2.24) is 4.98 Å². The van der Waals surface area contributed by atoms with Crippen LogP contribution in [0.4, 0.5) is 5.69 Å². The molecule has 0 saturated heterocycles. The maximum absolute atomic E-state index is 12.4. The second-order valence-corrected chi connectivity index (χ2v) is 4.19. The first kappa shape index (κ1) is 13.1. The molecule has 0 fully saturated rings. The summed E-state index contributed by atoms with van der Waals surface area (Å²) in [4.78, 5) is 16.4. The van der Waals surface area contributed by atoms with E-state index in [4.69, 9.17) is 16.9 Å². The lowest BCUT2D eigenvalue weighted by Crippen LogP contribution is -2.08. The van der Waals surface area contributed by atoms with Gasteiger partial charge in [-0.15, -0.1) is 0 Å². The Morgan fingerprint density at radius 2 is 2.16 bits per heavy atom. The lowest BCUT2D eigenvalue weighted by molar-refractivity contribution is 0.103. The molecule has 0 saturated carbocycles. The fourth-order valence-corrected chi connectivity index (χ4v) is 1.82. The second-order valence-electron chi connectivity index (χ2n) is 3.80. The molecule has 19 heavy (non-hydrogen) atoms. The van der Waals surface area contributed by atoms with Crippen LogP contribution < -0.4 is 5.32 Å². The van der Waals surface area contributed by atoms with Gasteiger partial charge < -0.3 is 5.32 Å². The van der Waals surface area contributed by atoms with Gasteiger partial charge in [0.05, 0.1) is 17.3 Å². The third kappa shape index (κ3) is 2.72. The highest BCUT2D eigenvalue weighted by molar-refractivity contribution is 6.29. The zero-order valence-corrected chi connectivity index (χ0v) is 10.9. The maximum Gasteiger partial charge on any atom is 0.213 e. The Bertz CT molecular complexity index is 677. The molecule has 1 heterocycles. The van der Waals surface area contributed by atoms with Crippen LogP contribution in [-0.2, 0) is 0 Å². The average Bonchev–Trinajstić information content (AvgIpc) is 2.46. The number of carbonyl (C=O) groups excluding carboxylic acids is 1. The van der Waals surface area contributed by atoms with Gasteiger partial charge in [-0.1, -0.05) is 23.7 Å². The van der Waals surface area contributed by atoms with E-state index in [1.165, 1.54) is 6.07 Å². The van der Waals surface area contributed by atoms with E-state index in [0.717, 1.165) is 0 Å². The number of halogens is 1. The topological polar surface area (TPSA) is 65.8 Å². The Kier molecular flexibility index (Phi) is 3.79. The van der Waals surface area contributed by atoms with Crippen molar-refractivity contribution in [2.75, 3.05) is 12.4 Å². The minimum atomic E-state index is -0.274. The molecular formula is C14H10ClN3O. The van der Waals surface area contributed by atoms with E-state index in [9.17, 15) is 4.79 Å². The summed E-state index contributed by atoms with van der Waals surface area (Å²) in [5.41, 5.74) is 1.67. The van der Waals surface area contributed by atoms with Crippen LogP contribution in [0.1, 0.15) is 21.6 Å². The highest BCUT2D eigenvalue weighted by Gasteiger charge is 2.16. The molecule has 0 radical (unpaired) electrons. The molecule has 0 atom stereocenters. The van der Waals surface area contributed by atoms with Gasteiger partial charge in [-0.25, -0.2) is 4.98 Å². The van der Waals surface area contributed by atoms with Crippen molar-refractivity contribution < 1.29 is 4.79 Å². The minimum absolute atomic E-state index is 0.241. The van der Waals surface area contributed by atoms with Gasteiger partial charge in [-0.3, -0.25) is 4.79 Å². The summed E-state index contributed by atoms with van der Waals surface area (Å²) >= 11 is 5.82. The molecule has 0 aliphatic rings. The first-order valence-electron chi connectivity index (χ1n) is 5.55. The quantitative estimate of drug-likeness (QED) is 0.689. The monoisotopic (exact) mass is 271 g/mol. The predicted octanol–water partition coefficient (Wildman–Crippen LogP) is 2.88. The van der Waals surface area contributed by atoms with E-state index in [2.05, 4.69) is 10.3 Å². The first-order chi connectivity index (χ1) is 9.15. The smallest absolute Gasteiger partial charge is 0.213 e. The first-order valence-corrected chi connectivity index (χ1v) is 5.92. The lowest BCUT2D eigenvalue weighted by Gasteiger charge is -2.07. The fraction of sp³-hybridized carbons (Fsp3) is 0.0714. The molecule has 0 spiro atoms. The summed E-state index contributed by atoms with van der Waals surface area (Å²) in [6, 6.07) is 11.8. The molecular weight excluding hydrogens is 262 g/mol. The fourth-order valence-electron chi connectivity index (χ4n) is 1.68. The standard InChI is InChI=1S/C14H10ClN3O/c1-17-11-5-6-12(15)18-13(11)14(19)10-4-2-3-9(7-10)8-16/h2-7,17H,1H3. The third-order valence-corrected chi connectivity index (χ3v) is 2.81. The summed E-state index contributed by atoms with van der Waals surface area (Å²) in [6.45, 7) is 0. The van der Waals surface area contributed by atoms with Crippen LogP contribution >= 0.6 is 11.6 Å². The SMILES string of the molecule is CNc1ccc(Cl)nc1C(=O)c1cccc(C#N)c1. The number of hydrogen-bond acceptors (Lipinski definition) is 4. The minimum Gasteiger partial charge on any atom is -0.386 e. The van der Waals surface area contributed by atoms with Gasteiger partial charge in [-0.2, -0.15) is 5.26 Å². The molecule has 4 nitrogen and oxygen atoms in total. The van der Waals surface area contributed by atoms with Gasteiger partial charge in [0, 0.05) is 12.6 Å². The lowest BCUT2D eigenvalue weighted by atomic mass is 10.0. The van der Waals surface area contributed by atoms with E-state index in [1.54, 1.807) is 37.4 Å². The Hall–Kier alpha value is -2.38. The number of ketones is 1. The zero-order chi connectivity index (χ0) is 13.8. The molecule has 94 valence electrons. The Labute approximate surface area is 115 Å². The summed E-state index contributed by atoms with van der Waals surface area (Å²) in [5.74, 6) is -0.274. The molecule has 1 aromatic carbocycles. The molecule has 0 amide bonds. The average molecular weight is 272 g/mol. The van der Waals surface area contributed by atoms with Crippen molar-refractivity contribution in [2.45, 2.75) is 0 Å². The number of pyridine rings is 1. The van der Waals surface area contributed by atoms with Gasteiger partial charge in [0.15, 0.2) is 0 Å². The molecule has 2 rings (SSSR count). The number of benzene rings is 1. The van der Waals surface area contributed by atoms with Crippen LogP contribution in [0, 0.1) is 11.3 Å². The van der Waals surface area contributed by atoms with Crippen LogP contribution in [-0.4, -0.2) is 17.8 Å². The number of nitriles is 1. The van der Waals surface area contributed by atoms with Crippen molar-refractivity contribution in [2.24, 2.45) is 0 Å². The summed E-state index contributed by atoms with van der Waals surface area (Å²) < 4.78 is 0. The van der Waals surface area contributed by atoms with Crippen LogP contribution in [0.2, 0.25) is 5.15 Å². The predicted molar refractivity (Wildman–Crippen MR) is 73.4 cm³/mol. The van der Waals surface area contributed by atoms with Gasteiger partial charge in [-0.05, 0) is 24.3 Å².